The highest BCUT2D eigenvalue weighted by atomic mass is 16.5. The third-order valence-corrected chi connectivity index (χ3v) is 3.94. The summed E-state index contributed by atoms with van der Waals surface area (Å²) in [5.74, 6) is 1.40. The second kappa shape index (κ2) is 6.72. The van der Waals surface area contributed by atoms with Crippen molar-refractivity contribution in [2.75, 3.05) is 26.6 Å². The molecule has 3 rings (SSSR count). The van der Waals surface area contributed by atoms with E-state index >= 15 is 0 Å². The van der Waals surface area contributed by atoms with Gasteiger partial charge in [-0.3, -0.25) is 10.1 Å². The molecule has 7 heteroatoms. The van der Waals surface area contributed by atoms with E-state index in [1.54, 1.807) is 12.1 Å². The fourth-order valence-corrected chi connectivity index (χ4v) is 2.64. The van der Waals surface area contributed by atoms with Crippen molar-refractivity contribution in [2.45, 2.75) is 0 Å². The van der Waals surface area contributed by atoms with E-state index < -0.39 is 0 Å². The van der Waals surface area contributed by atoms with Crippen molar-refractivity contribution in [1.29, 1.82) is 0 Å². The number of hydrogen-bond donors (Lipinski definition) is 1. The topological polar surface area (TPSA) is 74.6 Å². The molecule has 0 spiro atoms. The van der Waals surface area contributed by atoms with Gasteiger partial charge in [0.2, 0.25) is 11.7 Å². The number of fused-ring (bicyclic) bond motifs is 1. The Morgan fingerprint density at radius 3 is 2.24 bits per heavy atom. The van der Waals surface area contributed by atoms with Crippen molar-refractivity contribution in [3.05, 3.63) is 42.0 Å². The number of methoxy groups -OCH3 is 3. The van der Waals surface area contributed by atoms with Gasteiger partial charge in [-0.15, -0.1) is 0 Å². The number of aryl methyl sites for hydroxylation is 1. The molecule has 1 N–H and O–H groups in total. The predicted molar refractivity (Wildman–Crippen MR) is 94.8 cm³/mol. The van der Waals surface area contributed by atoms with Crippen LogP contribution in [0.15, 0.2) is 36.4 Å². The number of nitrogens with zero attached hydrogens (tertiary/aromatic N) is 2. The minimum Gasteiger partial charge on any atom is -0.493 e. The smallest absolute Gasteiger partial charge is 0.258 e. The molecule has 0 fully saturated rings. The minimum absolute atomic E-state index is 0.322. The minimum atomic E-state index is -0.322. The maximum absolute atomic E-state index is 12.7. The first-order valence-electron chi connectivity index (χ1n) is 7.61. The van der Waals surface area contributed by atoms with Crippen LogP contribution in [0.2, 0.25) is 0 Å². The lowest BCUT2D eigenvalue weighted by Crippen LogP contribution is -2.15. The molecule has 25 heavy (non-hydrogen) atoms. The Balaban J connectivity index is 1.96. The predicted octanol–water partition coefficient (Wildman–Crippen LogP) is 2.85. The van der Waals surface area contributed by atoms with Gasteiger partial charge >= 0.3 is 0 Å². The Labute approximate surface area is 145 Å². The molecule has 0 saturated carbocycles. The summed E-state index contributed by atoms with van der Waals surface area (Å²) in [6.45, 7) is 0. The zero-order valence-corrected chi connectivity index (χ0v) is 14.5. The van der Waals surface area contributed by atoms with Crippen molar-refractivity contribution >= 4 is 22.9 Å². The van der Waals surface area contributed by atoms with Crippen LogP contribution in [0.1, 0.15) is 10.4 Å². The molecule has 0 unspecified atom stereocenters. The molecule has 0 aliphatic rings. The average molecular weight is 341 g/mol. The van der Waals surface area contributed by atoms with Gasteiger partial charge in [0.1, 0.15) is 0 Å². The standard InChI is InChI=1S/C18H19N3O4/c1-21-13-8-6-5-7-12(13)19-18(21)20-17(22)11-9-14(23-2)16(25-4)15(10-11)24-3/h5-10H,1-4H3,(H,19,20,22). The highest BCUT2D eigenvalue weighted by molar-refractivity contribution is 6.05. The SMILES string of the molecule is COc1cc(C(=O)Nc2nc3ccccc3n2C)cc(OC)c1OC. The number of carbonyl (C=O) groups is 1. The number of para-hydroxylation sites is 2. The summed E-state index contributed by atoms with van der Waals surface area (Å²) in [7, 11) is 6.37. The summed E-state index contributed by atoms with van der Waals surface area (Å²) in [4.78, 5) is 17.1. The molecule has 7 nitrogen and oxygen atoms in total. The van der Waals surface area contributed by atoms with Crippen molar-refractivity contribution in [2.24, 2.45) is 7.05 Å². The van der Waals surface area contributed by atoms with E-state index in [-0.39, 0.29) is 5.91 Å². The van der Waals surface area contributed by atoms with Gasteiger partial charge in [-0.05, 0) is 24.3 Å². The average Bonchev–Trinajstić information content (AvgIpc) is 2.96. The van der Waals surface area contributed by atoms with Gasteiger partial charge in [0.15, 0.2) is 11.5 Å². The summed E-state index contributed by atoms with van der Waals surface area (Å²) in [5, 5.41) is 2.82. The molecule has 0 saturated heterocycles. The van der Waals surface area contributed by atoms with Gasteiger partial charge in [0.25, 0.3) is 5.91 Å². The Bertz CT molecular complexity index is 908. The lowest BCUT2D eigenvalue weighted by Gasteiger charge is -2.14. The second-order valence-corrected chi connectivity index (χ2v) is 5.35. The quantitative estimate of drug-likeness (QED) is 0.772. The number of nitrogens with one attached hydrogen (secondary N) is 1. The van der Waals surface area contributed by atoms with Crippen LogP contribution in [0.25, 0.3) is 11.0 Å². The van der Waals surface area contributed by atoms with Crippen molar-refractivity contribution in [1.82, 2.24) is 9.55 Å². The summed E-state index contributed by atoms with van der Waals surface area (Å²) >= 11 is 0. The van der Waals surface area contributed by atoms with E-state index in [4.69, 9.17) is 14.2 Å². The van der Waals surface area contributed by atoms with Gasteiger partial charge in [-0.1, -0.05) is 12.1 Å². The molecule has 2 aromatic carbocycles. The molecular weight excluding hydrogens is 322 g/mol. The Morgan fingerprint density at radius 1 is 1.04 bits per heavy atom. The van der Waals surface area contributed by atoms with Gasteiger partial charge in [-0.2, -0.15) is 0 Å². The lowest BCUT2D eigenvalue weighted by molar-refractivity contribution is 0.102. The first-order valence-corrected chi connectivity index (χ1v) is 7.61. The fourth-order valence-electron chi connectivity index (χ4n) is 2.64. The number of carbonyl (C=O) groups excluding carboxylic acids is 1. The lowest BCUT2D eigenvalue weighted by atomic mass is 10.1. The molecule has 0 bridgehead atoms. The first-order chi connectivity index (χ1) is 12.1. The van der Waals surface area contributed by atoms with E-state index in [1.165, 1.54) is 21.3 Å². The Hall–Kier alpha value is -3.22. The maximum Gasteiger partial charge on any atom is 0.258 e. The molecule has 0 radical (unpaired) electrons. The molecular formula is C18H19N3O4. The van der Waals surface area contributed by atoms with Gasteiger partial charge in [-0.25, -0.2) is 4.98 Å². The monoisotopic (exact) mass is 341 g/mol. The number of anilines is 1. The number of benzene rings is 2. The van der Waals surface area contributed by atoms with E-state index in [2.05, 4.69) is 10.3 Å². The third-order valence-electron chi connectivity index (χ3n) is 3.94. The first kappa shape index (κ1) is 16.6. The second-order valence-electron chi connectivity index (χ2n) is 5.35. The van der Waals surface area contributed by atoms with Crippen LogP contribution < -0.4 is 19.5 Å². The molecule has 0 aliphatic heterocycles. The zero-order chi connectivity index (χ0) is 18.0. The highest BCUT2D eigenvalue weighted by Crippen LogP contribution is 2.38. The normalized spacial score (nSPS) is 10.6. The van der Waals surface area contributed by atoms with Gasteiger partial charge < -0.3 is 18.8 Å². The van der Waals surface area contributed by atoms with Crippen LogP contribution in [-0.2, 0) is 7.05 Å². The van der Waals surface area contributed by atoms with Crippen LogP contribution in [0.4, 0.5) is 5.95 Å². The number of imidazole rings is 1. The Kier molecular flexibility index (Phi) is 4.47. The van der Waals surface area contributed by atoms with Crippen LogP contribution in [0, 0.1) is 0 Å². The molecule has 1 heterocycles. The van der Waals surface area contributed by atoms with Crippen molar-refractivity contribution < 1.29 is 19.0 Å². The van der Waals surface area contributed by atoms with Crippen molar-refractivity contribution in [3.63, 3.8) is 0 Å². The number of hydrogen-bond acceptors (Lipinski definition) is 5. The zero-order valence-electron chi connectivity index (χ0n) is 14.5. The van der Waals surface area contributed by atoms with Crippen molar-refractivity contribution in [3.8, 4) is 17.2 Å². The van der Waals surface area contributed by atoms with Crippen LogP contribution in [0.3, 0.4) is 0 Å². The largest absolute Gasteiger partial charge is 0.493 e. The van der Waals surface area contributed by atoms with Gasteiger partial charge in [0, 0.05) is 12.6 Å². The third kappa shape index (κ3) is 2.96. The summed E-state index contributed by atoms with van der Waals surface area (Å²) < 4.78 is 17.7. The molecule has 1 amide bonds. The van der Waals surface area contributed by atoms with E-state index in [0.717, 1.165) is 11.0 Å². The van der Waals surface area contributed by atoms with Crippen LogP contribution in [0.5, 0.6) is 17.2 Å². The summed E-state index contributed by atoms with van der Waals surface area (Å²) in [5.41, 5.74) is 2.12. The molecule has 0 aliphatic carbocycles. The molecule has 3 aromatic rings. The number of ether oxygens (including phenoxy) is 3. The summed E-state index contributed by atoms with van der Waals surface area (Å²) in [6, 6.07) is 10.9. The summed E-state index contributed by atoms with van der Waals surface area (Å²) in [6.07, 6.45) is 0. The molecule has 130 valence electrons. The van der Waals surface area contributed by atoms with Gasteiger partial charge in [0.05, 0.1) is 32.4 Å². The van der Waals surface area contributed by atoms with E-state index in [1.807, 2.05) is 35.9 Å². The molecule has 1 aromatic heterocycles. The van der Waals surface area contributed by atoms with E-state index in [9.17, 15) is 4.79 Å². The molecule has 0 atom stereocenters. The van der Waals surface area contributed by atoms with Crippen LogP contribution >= 0.6 is 0 Å². The Morgan fingerprint density at radius 2 is 1.68 bits per heavy atom. The van der Waals surface area contributed by atoms with E-state index in [0.29, 0.717) is 28.8 Å². The number of rotatable bonds is 5. The number of amides is 1. The van der Waals surface area contributed by atoms with Crippen LogP contribution in [-0.4, -0.2) is 36.8 Å². The number of aromatic nitrogens is 2. The highest BCUT2D eigenvalue weighted by Gasteiger charge is 2.18. The maximum atomic E-state index is 12.7. The fraction of sp³-hybridized carbons (Fsp3) is 0.222.